The lowest BCUT2D eigenvalue weighted by molar-refractivity contribution is -0.184. The van der Waals surface area contributed by atoms with Gasteiger partial charge in [-0.25, -0.2) is 0 Å². The van der Waals surface area contributed by atoms with Crippen LogP contribution in [0.4, 0.5) is 0 Å². The molecule has 3 rings (SSSR count). The summed E-state index contributed by atoms with van der Waals surface area (Å²) in [5.41, 5.74) is 16.8. The summed E-state index contributed by atoms with van der Waals surface area (Å²) in [7, 11) is 1.79. The fourth-order valence-corrected chi connectivity index (χ4v) is 10.8. The van der Waals surface area contributed by atoms with Gasteiger partial charge >= 0.3 is 35.8 Å². The van der Waals surface area contributed by atoms with E-state index in [0.717, 1.165) is 51.2 Å². The highest BCUT2D eigenvalue weighted by atomic mass is 16.6. The van der Waals surface area contributed by atoms with Crippen molar-refractivity contribution in [2.45, 2.75) is 180 Å². The molecule has 0 radical (unpaired) electrons. The molecule has 0 heterocycles. The van der Waals surface area contributed by atoms with Gasteiger partial charge in [-0.2, -0.15) is 0 Å². The smallest absolute Gasteiger partial charge is 0.312 e. The van der Waals surface area contributed by atoms with Crippen molar-refractivity contribution in [2.24, 2.45) is 58.1 Å². The Labute approximate surface area is 400 Å². The first kappa shape index (κ1) is 57.5. The van der Waals surface area contributed by atoms with Crippen LogP contribution in [-0.4, -0.2) is 94.0 Å². The van der Waals surface area contributed by atoms with Crippen LogP contribution in [-0.2, 0) is 57.2 Å². The van der Waals surface area contributed by atoms with Crippen molar-refractivity contribution < 1.29 is 57.2 Å². The number of fused-ring (bicyclic) bond motifs is 1. The Morgan fingerprint density at radius 1 is 0.761 bits per heavy atom. The average molecular weight is 947 g/mol. The maximum Gasteiger partial charge on any atom is 0.312 e. The Bertz CT molecular complexity index is 1590. The van der Waals surface area contributed by atoms with Gasteiger partial charge in [0, 0.05) is 44.9 Å². The van der Waals surface area contributed by atoms with E-state index in [-0.39, 0.29) is 129 Å². The number of nitrogens with one attached hydrogen (secondary N) is 1. The predicted octanol–water partition coefficient (Wildman–Crippen LogP) is 6.84. The van der Waals surface area contributed by atoms with Gasteiger partial charge < -0.3 is 50.9 Å². The highest BCUT2D eigenvalue weighted by molar-refractivity contribution is 5.73. The molecule has 382 valence electrons. The number of unbranched alkanes of at least 4 members (excludes halogenated alkanes) is 6. The molecular formula is C51H86N4O12. The van der Waals surface area contributed by atoms with Crippen LogP contribution < -0.4 is 22.5 Å². The first-order valence-corrected chi connectivity index (χ1v) is 25.4. The van der Waals surface area contributed by atoms with Crippen LogP contribution in [0.25, 0.3) is 0 Å². The lowest BCUT2D eigenvalue weighted by Crippen LogP contribution is -2.56. The number of hydrogen-bond acceptors (Lipinski definition) is 16. The van der Waals surface area contributed by atoms with Gasteiger partial charge in [0.1, 0.15) is 24.6 Å². The van der Waals surface area contributed by atoms with Gasteiger partial charge in [0.05, 0.1) is 25.7 Å². The predicted molar refractivity (Wildman–Crippen MR) is 254 cm³/mol. The molecule has 3 saturated carbocycles. The van der Waals surface area contributed by atoms with Crippen LogP contribution in [0.2, 0.25) is 0 Å². The zero-order valence-corrected chi connectivity index (χ0v) is 41.3. The average Bonchev–Trinajstić information content (AvgIpc) is 3.78. The van der Waals surface area contributed by atoms with Gasteiger partial charge in [0.25, 0.3) is 0 Å². The molecule has 0 saturated heterocycles. The van der Waals surface area contributed by atoms with Gasteiger partial charge in [0.15, 0.2) is 12.4 Å². The maximum atomic E-state index is 13.3. The Kier molecular flexibility index (Phi) is 26.8. The number of nitrogens with two attached hydrogens (primary N) is 3. The fraction of sp³-hybridized carbons (Fsp3) is 0.804. The van der Waals surface area contributed by atoms with E-state index < -0.39 is 36.1 Å². The summed E-state index contributed by atoms with van der Waals surface area (Å²) >= 11 is 0. The minimum atomic E-state index is -0.625. The zero-order chi connectivity index (χ0) is 49.2. The molecule has 0 spiro atoms. The maximum absolute atomic E-state index is 13.3. The van der Waals surface area contributed by atoms with Crippen molar-refractivity contribution >= 4 is 35.8 Å². The molecule has 3 fully saturated rings. The quantitative estimate of drug-likeness (QED) is 0.0177. The van der Waals surface area contributed by atoms with E-state index in [4.69, 9.17) is 45.6 Å². The molecule has 0 amide bonds. The number of carbonyl (C=O) groups excluding carboxylic acids is 6. The molecule has 0 aromatic carbocycles. The standard InChI is InChI=1S/C51H86N4O12/c1-6-8-9-10-11-12-13-14-44(56)62-33-41(66-47(59)21-26-53)34-63-45(57)18-15-35(3)36-16-17-37(29-36)50-42(32-39(7-2)64-46(58)20-25-52)51(4)24-19-40(65-49(61)23-28-55-5)30-38(51)31-43(50)67-48(60)22-27-54/h7,33,35-40,42-43,50,55H,2,6,8-32,34,52-54H2,1,3-5H3/b41-33-/t35-,36+,37-,38+,39-,40-,42+,43-,50+,51+/m1/s1. The molecule has 16 nitrogen and oxygen atoms in total. The molecule has 0 bridgehead atoms. The normalized spacial score (nSPS) is 25.8. The number of rotatable bonds is 32. The summed E-state index contributed by atoms with van der Waals surface area (Å²) in [4.78, 5) is 76.7. The monoisotopic (exact) mass is 947 g/mol. The Morgan fingerprint density at radius 2 is 1.43 bits per heavy atom. The molecule has 0 aliphatic heterocycles. The number of esters is 6. The minimum Gasteiger partial charge on any atom is -0.462 e. The molecule has 3 aliphatic carbocycles. The lowest BCUT2D eigenvalue weighted by Gasteiger charge is -2.58. The molecule has 3 aliphatic rings. The number of hydrogen-bond donors (Lipinski definition) is 4. The molecule has 67 heavy (non-hydrogen) atoms. The second kappa shape index (κ2) is 31.3. The molecule has 0 aromatic rings. The topological polar surface area (TPSA) is 248 Å². The van der Waals surface area contributed by atoms with E-state index in [0.29, 0.717) is 45.1 Å². The molecular weight excluding hydrogens is 861 g/mol. The van der Waals surface area contributed by atoms with E-state index in [2.05, 4.69) is 32.7 Å². The van der Waals surface area contributed by atoms with E-state index in [1.54, 1.807) is 13.1 Å². The lowest BCUT2D eigenvalue weighted by atomic mass is 9.48. The van der Waals surface area contributed by atoms with E-state index >= 15 is 0 Å². The van der Waals surface area contributed by atoms with Gasteiger partial charge in [-0.1, -0.05) is 72.0 Å². The summed E-state index contributed by atoms with van der Waals surface area (Å²) in [6.07, 6.45) is 16.1. The van der Waals surface area contributed by atoms with Gasteiger partial charge in [-0.15, -0.1) is 0 Å². The Balaban J connectivity index is 1.73. The summed E-state index contributed by atoms with van der Waals surface area (Å²) in [5.74, 6) is -2.06. The summed E-state index contributed by atoms with van der Waals surface area (Å²) in [6, 6.07) is 0. The van der Waals surface area contributed by atoms with Crippen LogP contribution >= 0.6 is 0 Å². The number of carbonyl (C=O) groups is 6. The first-order chi connectivity index (χ1) is 32.2. The van der Waals surface area contributed by atoms with Crippen molar-refractivity contribution in [3.8, 4) is 0 Å². The molecule has 16 heteroatoms. The van der Waals surface area contributed by atoms with Gasteiger partial charge in [-0.3, -0.25) is 28.8 Å². The van der Waals surface area contributed by atoms with Crippen molar-refractivity contribution in [3.05, 3.63) is 24.7 Å². The van der Waals surface area contributed by atoms with Gasteiger partial charge in [0.2, 0.25) is 0 Å². The van der Waals surface area contributed by atoms with Crippen molar-refractivity contribution in [2.75, 3.05) is 39.8 Å². The molecule has 0 aromatic heterocycles. The van der Waals surface area contributed by atoms with E-state index in [9.17, 15) is 28.8 Å². The summed E-state index contributed by atoms with van der Waals surface area (Å²) < 4.78 is 34.4. The van der Waals surface area contributed by atoms with Crippen molar-refractivity contribution in [1.29, 1.82) is 0 Å². The van der Waals surface area contributed by atoms with Crippen LogP contribution in [0, 0.1) is 40.9 Å². The summed E-state index contributed by atoms with van der Waals surface area (Å²) in [5, 5.41) is 3.00. The third-order valence-corrected chi connectivity index (χ3v) is 14.6. The fourth-order valence-electron chi connectivity index (χ4n) is 10.8. The molecule has 10 atom stereocenters. The molecule has 0 unspecified atom stereocenters. The highest BCUT2D eigenvalue weighted by Gasteiger charge is 2.58. The largest absolute Gasteiger partial charge is 0.462 e. The zero-order valence-electron chi connectivity index (χ0n) is 41.3. The van der Waals surface area contributed by atoms with Crippen molar-refractivity contribution in [1.82, 2.24) is 5.32 Å². The molecule has 7 N–H and O–H groups in total. The number of ether oxygens (including phenoxy) is 6. The van der Waals surface area contributed by atoms with Gasteiger partial charge in [-0.05, 0) is 106 Å². The van der Waals surface area contributed by atoms with E-state index in [1.807, 2.05) is 0 Å². The first-order valence-electron chi connectivity index (χ1n) is 25.4. The van der Waals surface area contributed by atoms with Crippen LogP contribution in [0.15, 0.2) is 24.7 Å². The van der Waals surface area contributed by atoms with Crippen molar-refractivity contribution in [3.63, 3.8) is 0 Å². The van der Waals surface area contributed by atoms with Crippen LogP contribution in [0.3, 0.4) is 0 Å². The minimum absolute atomic E-state index is 0.0358. The second-order valence-corrected chi connectivity index (χ2v) is 19.4. The van der Waals surface area contributed by atoms with E-state index in [1.165, 1.54) is 19.3 Å². The second-order valence-electron chi connectivity index (χ2n) is 19.4. The summed E-state index contributed by atoms with van der Waals surface area (Å²) in [6.45, 7) is 11.2. The Hall–Kier alpha value is -3.86. The highest BCUT2D eigenvalue weighted by Crippen LogP contribution is 2.61. The third-order valence-electron chi connectivity index (χ3n) is 14.6. The van der Waals surface area contributed by atoms with Crippen LogP contribution in [0.5, 0.6) is 0 Å². The van der Waals surface area contributed by atoms with Crippen LogP contribution in [0.1, 0.15) is 162 Å². The Morgan fingerprint density at radius 3 is 2.12 bits per heavy atom. The third kappa shape index (κ3) is 19.9. The SMILES string of the molecule is C=C[C@H](C[C@H]1[C@H]([C@@H]2CC[C@H]([C@H](C)CCC(=O)OC/C(=C/OC(=O)CCCCCCCCC)OC(=O)CCN)C2)[C@H](OC(=O)CCN)C[C@@H]2C[C@H](OC(=O)CCNC)CC[C@@]21C)OC(=O)CCN.